The number of carbonyl (C=O) groups is 1. The highest BCUT2D eigenvalue weighted by Crippen LogP contribution is 2.38. The molecule has 0 radical (unpaired) electrons. The van der Waals surface area contributed by atoms with E-state index in [2.05, 4.69) is 24.7 Å². The van der Waals surface area contributed by atoms with Gasteiger partial charge in [0.1, 0.15) is 24.0 Å². The number of piperidine rings is 1. The molecule has 3 heterocycles. The summed E-state index contributed by atoms with van der Waals surface area (Å²) >= 11 is 0. The molecule has 2 aliphatic rings. The number of fused-ring (bicyclic) bond motifs is 1. The average Bonchev–Trinajstić information content (AvgIpc) is 3.28. The lowest BCUT2D eigenvalue weighted by Crippen LogP contribution is -2.44. The van der Waals surface area contributed by atoms with Crippen molar-refractivity contribution in [1.29, 1.82) is 0 Å². The molecule has 1 aromatic heterocycles. The monoisotopic (exact) mass is 628 g/mol. The standard InChI is InChI=1S/C29H40F4N4O5Si/c1-28(2,3)42-27(39)35-9-7-21(8-10-35)41-24-14-20-17-36(16-19(20)13-22(24)30)23-15-34-37(18-40-11-12-43(4,5)6)26(38)25(23)29(31,32)33/h13-15,21H,7-12,16-18H2,1-6H3. The van der Waals surface area contributed by atoms with Crippen LogP contribution in [0.15, 0.2) is 23.1 Å². The maximum absolute atomic E-state index is 15.0. The molecule has 1 aromatic carbocycles. The minimum Gasteiger partial charge on any atom is -0.487 e. The van der Waals surface area contributed by atoms with E-state index in [1.807, 2.05) is 0 Å². The number of carbonyl (C=O) groups excluding carboxylic acids is 1. The van der Waals surface area contributed by atoms with Gasteiger partial charge in [-0.15, -0.1) is 0 Å². The fourth-order valence-electron chi connectivity index (χ4n) is 4.93. The smallest absolute Gasteiger partial charge is 0.423 e. The zero-order valence-electron chi connectivity index (χ0n) is 25.5. The molecule has 0 unspecified atom stereocenters. The Labute approximate surface area is 249 Å². The number of anilines is 1. The topological polar surface area (TPSA) is 86.1 Å². The molecule has 2 aromatic rings. The first-order valence-electron chi connectivity index (χ1n) is 14.4. The third-order valence-electron chi connectivity index (χ3n) is 7.22. The van der Waals surface area contributed by atoms with Gasteiger partial charge in [-0.05, 0) is 50.1 Å². The average molecular weight is 629 g/mol. The SMILES string of the molecule is CC(C)(C)OC(=O)N1CCC(Oc2cc3c(cc2F)CN(c2cnn(COCC[Si](C)(C)C)c(=O)c2C(F)(F)F)C3)CC1. The molecule has 238 valence electrons. The number of rotatable bonds is 8. The third-order valence-corrected chi connectivity index (χ3v) is 8.93. The predicted molar refractivity (Wildman–Crippen MR) is 155 cm³/mol. The van der Waals surface area contributed by atoms with Crippen LogP contribution in [0, 0.1) is 5.82 Å². The van der Waals surface area contributed by atoms with Crippen molar-refractivity contribution >= 4 is 19.9 Å². The van der Waals surface area contributed by atoms with Gasteiger partial charge in [0.25, 0.3) is 5.56 Å². The van der Waals surface area contributed by atoms with Gasteiger partial charge in [0.15, 0.2) is 11.6 Å². The molecule has 1 fully saturated rings. The number of alkyl halides is 3. The second-order valence-electron chi connectivity index (χ2n) is 13.2. The van der Waals surface area contributed by atoms with Crippen molar-refractivity contribution in [2.45, 2.75) is 97.0 Å². The number of hydrogen-bond acceptors (Lipinski definition) is 7. The van der Waals surface area contributed by atoms with Gasteiger partial charge in [-0.1, -0.05) is 19.6 Å². The van der Waals surface area contributed by atoms with Crippen LogP contribution in [-0.2, 0) is 35.5 Å². The summed E-state index contributed by atoms with van der Waals surface area (Å²) in [5.74, 6) is -0.633. The highest BCUT2D eigenvalue weighted by Gasteiger charge is 2.40. The third kappa shape index (κ3) is 8.49. The zero-order chi connectivity index (χ0) is 31.7. The maximum Gasteiger partial charge on any atom is 0.423 e. The van der Waals surface area contributed by atoms with Crippen LogP contribution < -0.4 is 15.2 Å². The molecule has 1 amide bonds. The lowest BCUT2D eigenvalue weighted by molar-refractivity contribution is -0.138. The summed E-state index contributed by atoms with van der Waals surface area (Å²) in [4.78, 5) is 28.2. The molecule has 0 N–H and O–H groups in total. The van der Waals surface area contributed by atoms with Gasteiger partial charge in [-0.3, -0.25) is 4.79 Å². The Morgan fingerprint density at radius 1 is 1.07 bits per heavy atom. The quantitative estimate of drug-likeness (QED) is 0.201. The molecule has 9 nitrogen and oxygen atoms in total. The normalized spacial score (nSPS) is 16.4. The molecule has 0 atom stereocenters. The van der Waals surface area contributed by atoms with E-state index in [0.29, 0.717) is 48.3 Å². The lowest BCUT2D eigenvalue weighted by atomic mass is 10.1. The molecule has 1 saturated heterocycles. The van der Waals surface area contributed by atoms with Gasteiger partial charge in [0.2, 0.25) is 0 Å². The molecule has 0 bridgehead atoms. The molecule has 43 heavy (non-hydrogen) atoms. The Morgan fingerprint density at radius 2 is 1.70 bits per heavy atom. The van der Waals surface area contributed by atoms with E-state index in [1.54, 1.807) is 25.7 Å². The molecule has 14 heteroatoms. The van der Waals surface area contributed by atoms with Crippen LogP contribution >= 0.6 is 0 Å². The van der Waals surface area contributed by atoms with Crippen molar-refractivity contribution in [3.05, 3.63) is 51.2 Å². The minimum atomic E-state index is -4.93. The van der Waals surface area contributed by atoms with Crippen LogP contribution in [0.25, 0.3) is 0 Å². The number of hydrogen-bond donors (Lipinski definition) is 0. The molecule has 0 aliphatic carbocycles. The maximum atomic E-state index is 15.0. The largest absolute Gasteiger partial charge is 0.487 e. The first-order valence-corrected chi connectivity index (χ1v) is 18.1. The number of aromatic nitrogens is 2. The first-order chi connectivity index (χ1) is 19.9. The van der Waals surface area contributed by atoms with Gasteiger partial charge in [0.05, 0.1) is 11.9 Å². The van der Waals surface area contributed by atoms with E-state index in [0.717, 1.165) is 12.2 Å². The van der Waals surface area contributed by atoms with Crippen LogP contribution in [-0.4, -0.2) is 60.2 Å². The van der Waals surface area contributed by atoms with E-state index in [4.69, 9.17) is 14.2 Å². The van der Waals surface area contributed by atoms with Crippen molar-refractivity contribution in [3.63, 3.8) is 0 Å². The Morgan fingerprint density at radius 3 is 2.28 bits per heavy atom. The number of benzene rings is 1. The van der Waals surface area contributed by atoms with Gasteiger partial charge in [0, 0.05) is 53.7 Å². The van der Waals surface area contributed by atoms with E-state index in [-0.39, 0.29) is 37.4 Å². The molecule has 2 aliphatic heterocycles. The van der Waals surface area contributed by atoms with Gasteiger partial charge >= 0.3 is 12.3 Å². The number of amides is 1. The van der Waals surface area contributed by atoms with Crippen molar-refractivity contribution in [3.8, 4) is 5.75 Å². The Hall–Kier alpha value is -3.13. The lowest BCUT2D eigenvalue weighted by Gasteiger charge is -2.33. The number of halogens is 4. The summed E-state index contributed by atoms with van der Waals surface area (Å²) in [5.41, 5.74) is -2.52. The summed E-state index contributed by atoms with van der Waals surface area (Å²) in [6.45, 7) is 12.5. The number of nitrogens with zero attached hydrogens (tertiary/aromatic N) is 4. The Bertz CT molecular complexity index is 1380. The highest BCUT2D eigenvalue weighted by atomic mass is 28.3. The summed E-state index contributed by atoms with van der Waals surface area (Å²) in [5, 5.41) is 3.96. The van der Waals surface area contributed by atoms with Crippen molar-refractivity contribution in [2.24, 2.45) is 0 Å². The zero-order valence-corrected chi connectivity index (χ0v) is 26.5. The predicted octanol–water partition coefficient (Wildman–Crippen LogP) is 6.01. The van der Waals surface area contributed by atoms with Gasteiger partial charge < -0.3 is 24.0 Å². The Balaban J connectivity index is 1.45. The van der Waals surface area contributed by atoms with Crippen LogP contribution in [0.5, 0.6) is 5.75 Å². The van der Waals surface area contributed by atoms with E-state index in [1.165, 1.54) is 17.0 Å². The molecule has 0 saturated carbocycles. The Kier molecular flexibility index (Phi) is 9.50. The van der Waals surface area contributed by atoms with Gasteiger partial charge in [-0.25, -0.2) is 13.9 Å². The van der Waals surface area contributed by atoms with E-state index in [9.17, 15) is 22.8 Å². The molecule has 4 rings (SSSR count). The summed E-state index contributed by atoms with van der Waals surface area (Å²) in [6, 6.07) is 3.56. The summed E-state index contributed by atoms with van der Waals surface area (Å²) in [7, 11) is -1.42. The van der Waals surface area contributed by atoms with Crippen LogP contribution in [0.4, 0.5) is 28.0 Å². The van der Waals surface area contributed by atoms with Crippen molar-refractivity contribution in [2.75, 3.05) is 24.6 Å². The number of ether oxygens (including phenoxy) is 3. The minimum absolute atomic E-state index is 0.00336. The fourth-order valence-corrected chi connectivity index (χ4v) is 5.69. The number of likely N-dealkylation sites (tertiary alicyclic amines) is 1. The molecule has 0 spiro atoms. The molecular weight excluding hydrogens is 588 g/mol. The van der Waals surface area contributed by atoms with E-state index >= 15 is 4.39 Å². The summed E-state index contributed by atoms with van der Waals surface area (Å²) < 4.78 is 75.0. The van der Waals surface area contributed by atoms with Crippen LogP contribution in [0.1, 0.15) is 50.3 Å². The second kappa shape index (κ2) is 12.5. The highest BCUT2D eigenvalue weighted by molar-refractivity contribution is 6.76. The van der Waals surface area contributed by atoms with E-state index < -0.39 is 42.9 Å². The first kappa shape index (κ1) is 32.8. The molecular formula is C29H40F4N4O5Si. The van der Waals surface area contributed by atoms with Crippen molar-refractivity contribution < 1.29 is 36.6 Å². The van der Waals surface area contributed by atoms with Crippen molar-refractivity contribution in [1.82, 2.24) is 14.7 Å². The fraction of sp³-hybridized carbons (Fsp3) is 0.621. The summed E-state index contributed by atoms with van der Waals surface area (Å²) in [6.07, 6.45) is -3.72. The van der Waals surface area contributed by atoms with Crippen LogP contribution in [0.2, 0.25) is 25.7 Å². The van der Waals surface area contributed by atoms with Crippen LogP contribution in [0.3, 0.4) is 0 Å². The van der Waals surface area contributed by atoms with Gasteiger partial charge in [-0.2, -0.15) is 18.3 Å². The second-order valence-corrected chi connectivity index (χ2v) is 18.9.